The second kappa shape index (κ2) is 31.4. The van der Waals surface area contributed by atoms with Crippen molar-refractivity contribution in [1.29, 1.82) is 0 Å². The van der Waals surface area contributed by atoms with E-state index in [1.165, 1.54) is 191 Å². The van der Waals surface area contributed by atoms with Crippen molar-refractivity contribution in [3.05, 3.63) is 47.5 Å². The average Bonchev–Trinajstić information content (AvgIpc) is 3.11. The van der Waals surface area contributed by atoms with Gasteiger partial charge in [0.15, 0.2) is 0 Å². The summed E-state index contributed by atoms with van der Waals surface area (Å²) < 4.78 is 0. The van der Waals surface area contributed by atoms with Gasteiger partial charge in [-0.3, -0.25) is 9.59 Å². The van der Waals surface area contributed by atoms with Crippen molar-refractivity contribution in [3.63, 3.8) is 0 Å². The van der Waals surface area contributed by atoms with E-state index in [2.05, 4.69) is 36.4 Å². The molecule has 0 heterocycles. The van der Waals surface area contributed by atoms with Crippen molar-refractivity contribution in [2.45, 2.75) is 218 Å². The quantitative estimate of drug-likeness (QED) is 0.0697. The minimum absolute atomic E-state index is 0.331. The third kappa shape index (κ3) is 23.9. The molecule has 0 amide bonds. The Labute approximate surface area is 307 Å². The van der Waals surface area contributed by atoms with E-state index in [0.717, 1.165) is 25.7 Å². The first-order valence-corrected chi connectivity index (χ1v) is 21.5. The molecule has 0 aromatic heterocycles. The number of unbranched alkanes of at least 4 members (excludes halogenated alkanes) is 28. The molecule has 0 spiro atoms. The van der Waals surface area contributed by atoms with Gasteiger partial charge in [0, 0.05) is 12.8 Å². The van der Waals surface area contributed by atoms with Gasteiger partial charge in [0.1, 0.15) is 0 Å². The lowest BCUT2D eigenvalue weighted by Gasteiger charge is -2.14. The fourth-order valence-corrected chi connectivity index (χ4v) is 7.68. The van der Waals surface area contributed by atoms with Crippen LogP contribution in [0.3, 0.4) is 0 Å². The van der Waals surface area contributed by atoms with E-state index in [4.69, 9.17) is 10.2 Å². The number of rotatable bonds is 36. The van der Waals surface area contributed by atoms with Crippen LogP contribution in [0, 0.1) is 0 Å². The van der Waals surface area contributed by atoms with Crippen LogP contribution in [-0.4, -0.2) is 22.2 Å². The Bertz CT molecular complexity index is 1110. The van der Waals surface area contributed by atoms with Gasteiger partial charge in [-0.15, -0.1) is 0 Å². The van der Waals surface area contributed by atoms with Gasteiger partial charge in [-0.05, 0) is 60.4 Å². The lowest BCUT2D eigenvalue weighted by molar-refractivity contribution is -0.138. The molecular weight excluding hydrogens is 617 g/mol. The van der Waals surface area contributed by atoms with E-state index < -0.39 is 11.9 Å². The minimum Gasteiger partial charge on any atom is -0.481 e. The van der Waals surface area contributed by atoms with E-state index in [9.17, 15) is 9.59 Å². The minimum atomic E-state index is -0.658. The highest BCUT2D eigenvalue weighted by Crippen LogP contribution is 2.27. The molecule has 0 aliphatic rings. The number of hydrogen-bond donors (Lipinski definition) is 2. The molecular formula is C46H76O4. The Hall–Kier alpha value is -2.36. The number of benzene rings is 2. The summed E-state index contributed by atoms with van der Waals surface area (Å²) >= 11 is 0. The number of carbonyl (C=O) groups is 2. The summed E-state index contributed by atoms with van der Waals surface area (Å²) in [6, 6.07) is 13.8. The smallest absolute Gasteiger partial charge is 0.303 e. The first kappa shape index (κ1) is 43.8. The van der Waals surface area contributed by atoms with Crippen LogP contribution in [0.15, 0.2) is 36.4 Å². The zero-order valence-electron chi connectivity index (χ0n) is 32.2. The molecule has 0 atom stereocenters. The predicted octanol–water partition coefficient (Wildman–Crippen LogP) is 14.6. The highest BCUT2D eigenvalue weighted by atomic mass is 16.4. The van der Waals surface area contributed by atoms with Crippen LogP contribution >= 0.6 is 0 Å². The van der Waals surface area contributed by atoms with Crippen LogP contribution < -0.4 is 0 Å². The Balaban J connectivity index is 1.47. The van der Waals surface area contributed by atoms with Crippen molar-refractivity contribution in [3.8, 4) is 0 Å². The maximum absolute atomic E-state index is 10.6. The summed E-state index contributed by atoms with van der Waals surface area (Å²) in [5, 5.41) is 20.3. The van der Waals surface area contributed by atoms with Crippen LogP contribution in [0.4, 0.5) is 0 Å². The normalized spacial score (nSPS) is 11.4. The second-order valence-corrected chi connectivity index (χ2v) is 15.3. The molecule has 2 N–H and O–H groups in total. The molecule has 0 unspecified atom stereocenters. The Morgan fingerprint density at radius 3 is 1.06 bits per heavy atom. The summed E-state index contributed by atoms with van der Waals surface area (Å²) in [5.74, 6) is -1.32. The number of fused-ring (bicyclic) bond motifs is 1. The lowest BCUT2D eigenvalue weighted by Crippen LogP contribution is -1.97. The highest BCUT2D eigenvalue weighted by molar-refractivity contribution is 5.86. The van der Waals surface area contributed by atoms with Crippen LogP contribution in [0.25, 0.3) is 10.8 Å². The van der Waals surface area contributed by atoms with Gasteiger partial charge >= 0.3 is 11.9 Å². The first-order valence-electron chi connectivity index (χ1n) is 21.5. The third-order valence-corrected chi connectivity index (χ3v) is 10.8. The van der Waals surface area contributed by atoms with Gasteiger partial charge < -0.3 is 10.2 Å². The predicted molar refractivity (Wildman–Crippen MR) is 214 cm³/mol. The second-order valence-electron chi connectivity index (χ2n) is 15.3. The zero-order valence-corrected chi connectivity index (χ0v) is 32.2. The molecule has 0 aliphatic carbocycles. The van der Waals surface area contributed by atoms with Crippen LogP contribution in [0.5, 0.6) is 0 Å². The topological polar surface area (TPSA) is 74.6 Å². The standard InChI is InChI=1S/C46H76O4/c47-45(48)37-29-25-21-17-13-9-5-1-3-7-11-15-19-23-27-33-41-39-40-42-34-31-32-36-44(42)43(41)35-28-24-20-16-12-8-4-2-6-10-14-18-22-26-30-38-46(49)50/h31-32,34,36,39-40H,1-30,33,35,37-38H2,(H,47,48)(H,49,50). The van der Waals surface area contributed by atoms with Crippen molar-refractivity contribution < 1.29 is 19.8 Å². The summed E-state index contributed by atoms with van der Waals surface area (Å²) in [5.41, 5.74) is 3.23. The lowest BCUT2D eigenvalue weighted by atomic mass is 9.91. The largest absolute Gasteiger partial charge is 0.481 e. The molecule has 2 aromatic carbocycles. The molecule has 50 heavy (non-hydrogen) atoms. The molecule has 0 saturated carbocycles. The molecule has 0 saturated heterocycles. The Morgan fingerprint density at radius 1 is 0.360 bits per heavy atom. The third-order valence-electron chi connectivity index (χ3n) is 10.8. The fraction of sp³-hybridized carbons (Fsp3) is 0.739. The molecule has 0 radical (unpaired) electrons. The van der Waals surface area contributed by atoms with Crippen molar-refractivity contribution in [2.75, 3.05) is 0 Å². The van der Waals surface area contributed by atoms with Gasteiger partial charge in [-0.25, -0.2) is 0 Å². The maximum Gasteiger partial charge on any atom is 0.303 e. The summed E-state index contributed by atoms with van der Waals surface area (Å²) in [4.78, 5) is 21.1. The number of carboxylic acids is 2. The van der Waals surface area contributed by atoms with Crippen LogP contribution in [0.1, 0.15) is 217 Å². The summed E-state index contributed by atoms with van der Waals surface area (Å²) in [6.45, 7) is 0. The van der Waals surface area contributed by atoms with E-state index in [1.54, 1.807) is 11.1 Å². The van der Waals surface area contributed by atoms with Gasteiger partial charge in [0.25, 0.3) is 0 Å². The molecule has 2 aromatic rings. The highest BCUT2D eigenvalue weighted by Gasteiger charge is 2.08. The number of aliphatic carboxylic acids is 2. The number of aryl methyl sites for hydroxylation is 2. The Morgan fingerprint density at radius 2 is 0.680 bits per heavy atom. The maximum atomic E-state index is 10.6. The molecule has 284 valence electrons. The van der Waals surface area contributed by atoms with E-state index in [0.29, 0.717) is 12.8 Å². The van der Waals surface area contributed by atoms with Crippen molar-refractivity contribution in [1.82, 2.24) is 0 Å². The van der Waals surface area contributed by atoms with Gasteiger partial charge in [-0.1, -0.05) is 203 Å². The molecule has 4 nitrogen and oxygen atoms in total. The van der Waals surface area contributed by atoms with Crippen molar-refractivity contribution in [2.24, 2.45) is 0 Å². The van der Waals surface area contributed by atoms with Crippen LogP contribution in [-0.2, 0) is 22.4 Å². The van der Waals surface area contributed by atoms with Crippen molar-refractivity contribution >= 4 is 22.7 Å². The van der Waals surface area contributed by atoms with E-state index >= 15 is 0 Å². The number of carboxylic acid groups (broad SMARTS) is 2. The molecule has 0 fully saturated rings. The monoisotopic (exact) mass is 693 g/mol. The molecule has 4 heteroatoms. The fourth-order valence-electron chi connectivity index (χ4n) is 7.68. The average molecular weight is 693 g/mol. The summed E-state index contributed by atoms with van der Waals surface area (Å²) in [6.07, 6.45) is 41.9. The SMILES string of the molecule is O=C(O)CCCCCCCCCCCCCCCCCc1ccc2ccccc2c1CCCCCCCCCCCCCCCCCC(=O)O. The van der Waals surface area contributed by atoms with Gasteiger partial charge in [0.2, 0.25) is 0 Å². The number of hydrogen-bond acceptors (Lipinski definition) is 2. The summed E-state index contributed by atoms with van der Waals surface area (Å²) in [7, 11) is 0. The zero-order chi connectivity index (χ0) is 35.7. The molecule has 0 bridgehead atoms. The van der Waals surface area contributed by atoms with Gasteiger partial charge in [0.05, 0.1) is 0 Å². The van der Waals surface area contributed by atoms with Gasteiger partial charge in [-0.2, -0.15) is 0 Å². The first-order chi connectivity index (χ1) is 24.6. The Kier molecular flexibility index (Phi) is 27.5. The van der Waals surface area contributed by atoms with E-state index in [-0.39, 0.29) is 0 Å². The van der Waals surface area contributed by atoms with E-state index in [1.807, 2.05) is 0 Å². The van der Waals surface area contributed by atoms with Crippen LogP contribution in [0.2, 0.25) is 0 Å². The molecule has 2 rings (SSSR count). The molecule has 0 aliphatic heterocycles.